The van der Waals surface area contributed by atoms with Crippen LogP contribution in [-0.4, -0.2) is 53.4 Å². The average Bonchev–Trinajstić information content (AvgIpc) is 3.40. The second-order valence-corrected chi connectivity index (χ2v) is 6.85. The maximum absolute atomic E-state index is 12.6. The molecule has 1 unspecified atom stereocenters. The molecule has 1 aliphatic heterocycles. The van der Waals surface area contributed by atoms with E-state index >= 15 is 0 Å². The Morgan fingerprint density at radius 3 is 3.12 bits per heavy atom. The number of nitrogens with zero attached hydrogens (tertiary/aromatic N) is 6. The Balaban J connectivity index is 1.44. The van der Waals surface area contributed by atoms with Gasteiger partial charge in [-0.05, 0) is 31.9 Å². The fraction of sp³-hybridized carbons (Fsp3) is 0.375. The summed E-state index contributed by atoms with van der Waals surface area (Å²) < 4.78 is 5.42. The Hall–Kier alpha value is -2.75. The van der Waals surface area contributed by atoms with Gasteiger partial charge in [0.25, 0.3) is 0 Å². The Labute approximate surface area is 153 Å². The fourth-order valence-corrected chi connectivity index (χ4v) is 3.62. The van der Waals surface area contributed by atoms with Crippen molar-refractivity contribution in [2.75, 3.05) is 12.3 Å². The first-order valence-electron chi connectivity index (χ1n) is 8.27. The van der Waals surface area contributed by atoms with E-state index in [-0.39, 0.29) is 17.7 Å². The lowest BCUT2D eigenvalue weighted by atomic mass is 10.2. The summed E-state index contributed by atoms with van der Waals surface area (Å²) in [5, 5.41) is 11.4. The van der Waals surface area contributed by atoms with Gasteiger partial charge in [0.15, 0.2) is 0 Å². The van der Waals surface area contributed by atoms with E-state index in [0.29, 0.717) is 29.1 Å². The van der Waals surface area contributed by atoms with Crippen LogP contribution in [0.5, 0.6) is 0 Å². The first-order chi connectivity index (χ1) is 12.7. The Bertz CT molecular complexity index is 895. The highest BCUT2D eigenvalue weighted by Gasteiger charge is 2.34. The lowest BCUT2D eigenvalue weighted by Gasteiger charge is -2.21. The van der Waals surface area contributed by atoms with Gasteiger partial charge < -0.3 is 9.42 Å². The summed E-state index contributed by atoms with van der Waals surface area (Å²) in [6, 6.07) is 5.32. The van der Waals surface area contributed by atoms with Crippen molar-refractivity contribution in [1.29, 1.82) is 0 Å². The van der Waals surface area contributed by atoms with Gasteiger partial charge in [0.2, 0.25) is 22.8 Å². The molecular formula is C16H17N7O2S. The number of hydrogen-bond donors (Lipinski definition) is 1. The third kappa shape index (κ3) is 3.45. The Kier molecular flexibility index (Phi) is 4.65. The zero-order chi connectivity index (χ0) is 17.9. The van der Waals surface area contributed by atoms with Crippen molar-refractivity contribution in [2.24, 2.45) is 0 Å². The molecule has 26 heavy (non-hydrogen) atoms. The van der Waals surface area contributed by atoms with Crippen molar-refractivity contribution in [3.8, 4) is 11.5 Å². The highest BCUT2D eigenvalue weighted by atomic mass is 32.2. The number of carbonyl (C=O) groups excluding carboxylic acids is 1. The van der Waals surface area contributed by atoms with Crippen LogP contribution in [0.3, 0.4) is 0 Å². The van der Waals surface area contributed by atoms with Crippen molar-refractivity contribution in [3.63, 3.8) is 0 Å². The van der Waals surface area contributed by atoms with Crippen molar-refractivity contribution in [2.45, 2.75) is 31.0 Å². The SMILES string of the molecule is Cc1nc(SCC(=O)N2CCCC2c2nc(-c3ccccn3)no2)n[nH]1. The molecule has 0 saturated carbocycles. The first kappa shape index (κ1) is 16.7. The fourth-order valence-electron chi connectivity index (χ4n) is 2.89. The quantitative estimate of drug-likeness (QED) is 0.678. The Morgan fingerprint density at radius 2 is 2.35 bits per heavy atom. The summed E-state index contributed by atoms with van der Waals surface area (Å²) in [6.45, 7) is 2.50. The molecule has 0 radical (unpaired) electrons. The number of H-pyrrole nitrogens is 1. The van der Waals surface area contributed by atoms with E-state index in [1.54, 1.807) is 11.1 Å². The normalized spacial score (nSPS) is 17.0. The summed E-state index contributed by atoms with van der Waals surface area (Å²) in [7, 11) is 0. The number of aromatic nitrogens is 6. The number of amides is 1. The molecule has 1 N–H and O–H groups in total. The number of hydrogen-bond acceptors (Lipinski definition) is 8. The molecule has 9 nitrogen and oxygen atoms in total. The predicted molar refractivity (Wildman–Crippen MR) is 93.1 cm³/mol. The van der Waals surface area contributed by atoms with Gasteiger partial charge in [-0.2, -0.15) is 4.98 Å². The summed E-state index contributed by atoms with van der Waals surface area (Å²) >= 11 is 1.31. The predicted octanol–water partition coefficient (Wildman–Crippen LogP) is 2.01. The third-order valence-corrected chi connectivity index (χ3v) is 4.93. The van der Waals surface area contributed by atoms with E-state index in [9.17, 15) is 4.79 Å². The van der Waals surface area contributed by atoms with E-state index in [1.165, 1.54) is 11.8 Å². The van der Waals surface area contributed by atoms with Crippen molar-refractivity contribution in [1.82, 2.24) is 35.2 Å². The zero-order valence-electron chi connectivity index (χ0n) is 14.1. The highest BCUT2D eigenvalue weighted by molar-refractivity contribution is 7.99. The maximum atomic E-state index is 12.6. The first-order valence-corrected chi connectivity index (χ1v) is 9.25. The summed E-state index contributed by atoms with van der Waals surface area (Å²) in [6.07, 6.45) is 3.39. The molecule has 0 spiro atoms. The van der Waals surface area contributed by atoms with Crippen LogP contribution in [0.1, 0.15) is 30.6 Å². The number of aromatic amines is 1. The van der Waals surface area contributed by atoms with Crippen LogP contribution in [0.15, 0.2) is 34.1 Å². The van der Waals surface area contributed by atoms with Gasteiger partial charge in [-0.15, -0.1) is 5.10 Å². The molecule has 0 aliphatic carbocycles. The van der Waals surface area contributed by atoms with Crippen LogP contribution in [0.25, 0.3) is 11.5 Å². The van der Waals surface area contributed by atoms with Gasteiger partial charge in [0.05, 0.1) is 5.75 Å². The minimum absolute atomic E-state index is 0.0116. The molecular weight excluding hydrogens is 354 g/mol. The maximum Gasteiger partial charge on any atom is 0.249 e. The summed E-state index contributed by atoms with van der Waals surface area (Å²) in [5.74, 6) is 1.90. The number of thioether (sulfide) groups is 1. The van der Waals surface area contributed by atoms with Crippen molar-refractivity contribution < 1.29 is 9.32 Å². The van der Waals surface area contributed by atoms with Crippen LogP contribution in [0.2, 0.25) is 0 Å². The minimum Gasteiger partial charge on any atom is -0.337 e. The van der Waals surface area contributed by atoms with Crippen LogP contribution >= 0.6 is 11.8 Å². The van der Waals surface area contributed by atoms with Gasteiger partial charge in [0.1, 0.15) is 17.6 Å². The molecule has 1 amide bonds. The third-order valence-electron chi connectivity index (χ3n) is 4.10. The molecule has 1 atom stereocenters. The molecule has 0 aromatic carbocycles. The number of carbonyl (C=O) groups is 1. The monoisotopic (exact) mass is 371 g/mol. The smallest absolute Gasteiger partial charge is 0.249 e. The van der Waals surface area contributed by atoms with Gasteiger partial charge in [-0.3, -0.25) is 14.9 Å². The Morgan fingerprint density at radius 1 is 1.42 bits per heavy atom. The lowest BCUT2D eigenvalue weighted by Crippen LogP contribution is -2.32. The lowest BCUT2D eigenvalue weighted by molar-refractivity contribution is -0.129. The number of likely N-dealkylation sites (tertiary alicyclic amines) is 1. The molecule has 1 aliphatic rings. The minimum atomic E-state index is -0.193. The molecule has 3 aromatic heterocycles. The number of nitrogens with one attached hydrogen (secondary N) is 1. The molecule has 134 valence electrons. The zero-order valence-corrected chi connectivity index (χ0v) is 14.9. The van der Waals surface area contributed by atoms with E-state index in [4.69, 9.17) is 4.52 Å². The second kappa shape index (κ2) is 7.24. The van der Waals surface area contributed by atoms with Crippen LogP contribution in [0, 0.1) is 6.92 Å². The highest BCUT2D eigenvalue weighted by Crippen LogP contribution is 2.32. The molecule has 4 heterocycles. The molecule has 10 heteroatoms. The topological polar surface area (TPSA) is 114 Å². The van der Waals surface area contributed by atoms with E-state index in [1.807, 2.05) is 25.1 Å². The average molecular weight is 371 g/mol. The molecule has 1 saturated heterocycles. The molecule has 0 bridgehead atoms. The van der Waals surface area contributed by atoms with Gasteiger partial charge in [0, 0.05) is 12.7 Å². The van der Waals surface area contributed by atoms with Gasteiger partial charge in [-0.1, -0.05) is 23.0 Å². The van der Waals surface area contributed by atoms with Gasteiger partial charge >= 0.3 is 0 Å². The second-order valence-electron chi connectivity index (χ2n) is 5.91. The van der Waals surface area contributed by atoms with Gasteiger partial charge in [-0.25, -0.2) is 4.98 Å². The van der Waals surface area contributed by atoms with Crippen LogP contribution in [-0.2, 0) is 4.79 Å². The number of rotatable bonds is 5. The van der Waals surface area contributed by atoms with Crippen LogP contribution in [0.4, 0.5) is 0 Å². The van der Waals surface area contributed by atoms with Crippen LogP contribution < -0.4 is 0 Å². The van der Waals surface area contributed by atoms with E-state index < -0.39 is 0 Å². The number of pyridine rings is 1. The largest absolute Gasteiger partial charge is 0.337 e. The summed E-state index contributed by atoms with van der Waals surface area (Å²) in [4.78, 5) is 27.3. The van der Waals surface area contributed by atoms with Crippen molar-refractivity contribution >= 4 is 17.7 Å². The van der Waals surface area contributed by atoms with E-state index in [0.717, 1.165) is 18.7 Å². The number of aryl methyl sites for hydroxylation is 1. The van der Waals surface area contributed by atoms with E-state index in [2.05, 4.69) is 30.3 Å². The molecule has 3 aromatic rings. The molecule has 1 fully saturated rings. The summed E-state index contributed by atoms with van der Waals surface area (Å²) in [5.41, 5.74) is 0.647. The van der Waals surface area contributed by atoms with Crippen molar-refractivity contribution in [3.05, 3.63) is 36.1 Å². The molecule has 4 rings (SSSR count). The standard InChI is InChI=1S/C16H17N7O2S/c1-10-18-16(21-20-10)26-9-13(24)23-8-4-6-12(23)15-19-14(22-25-15)11-5-2-3-7-17-11/h2-3,5,7,12H,4,6,8-9H2,1H3,(H,18,20,21).